The lowest BCUT2D eigenvalue weighted by Crippen LogP contribution is -2.46. The summed E-state index contributed by atoms with van der Waals surface area (Å²) >= 11 is 0. The van der Waals surface area contributed by atoms with Gasteiger partial charge in [0.15, 0.2) is 0 Å². The first-order valence-corrected chi connectivity index (χ1v) is 11.5. The minimum Gasteiger partial charge on any atom is -0.495 e. The Kier molecular flexibility index (Phi) is 6.34. The molecule has 0 bridgehead atoms. The van der Waals surface area contributed by atoms with Crippen LogP contribution < -0.4 is 15.2 Å². The van der Waals surface area contributed by atoms with Gasteiger partial charge in [0.2, 0.25) is 0 Å². The van der Waals surface area contributed by atoms with Crippen LogP contribution in [0.25, 0.3) is 16.6 Å². The van der Waals surface area contributed by atoms with Gasteiger partial charge in [-0.2, -0.15) is 0 Å². The molecule has 0 aliphatic carbocycles. The molecule has 1 aliphatic heterocycles. The lowest BCUT2D eigenvalue weighted by Gasteiger charge is -2.36. The van der Waals surface area contributed by atoms with Gasteiger partial charge in [0.05, 0.1) is 40.9 Å². The zero-order valence-corrected chi connectivity index (χ0v) is 19.6. The minimum atomic E-state index is -0.576. The van der Waals surface area contributed by atoms with Gasteiger partial charge in [-0.3, -0.25) is 24.4 Å². The highest BCUT2D eigenvalue weighted by Gasteiger charge is 2.23. The van der Waals surface area contributed by atoms with Gasteiger partial charge in [-0.15, -0.1) is 0 Å². The van der Waals surface area contributed by atoms with Crippen molar-refractivity contribution in [3.05, 3.63) is 98.8 Å². The Morgan fingerprint density at radius 3 is 2.39 bits per heavy atom. The third-order valence-electron chi connectivity index (χ3n) is 6.39. The van der Waals surface area contributed by atoms with Gasteiger partial charge in [-0.1, -0.05) is 24.3 Å². The standard InChI is InChI=1S/C26H24FN5O4/c1-36-24-9-5-4-8-23(24)30-14-12-29(13-15-30)17-25-28-21-11-10-18(32(34)35)16-19(21)26(33)31(25)22-7-3-2-6-20(22)27/h2-11,16H,12-15,17H2,1H3. The number of aromatic nitrogens is 2. The second kappa shape index (κ2) is 9.74. The van der Waals surface area contributed by atoms with Crippen LogP contribution in [0.3, 0.4) is 0 Å². The fourth-order valence-corrected chi connectivity index (χ4v) is 4.56. The van der Waals surface area contributed by atoms with E-state index in [-0.39, 0.29) is 16.8 Å². The van der Waals surface area contributed by atoms with Crippen molar-refractivity contribution in [3.8, 4) is 11.4 Å². The van der Waals surface area contributed by atoms with E-state index in [2.05, 4.69) is 14.8 Å². The number of methoxy groups -OCH3 is 1. The number of hydrogen-bond acceptors (Lipinski definition) is 7. The Labute approximate surface area is 206 Å². The Bertz CT molecular complexity index is 1500. The molecule has 36 heavy (non-hydrogen) atoms. The average Bonchev–Trinajstić information content (AvgIpc) is 2.90. The monoisotopic (exact) mass is 489 g/mol. The van der Waals surface area contributed by atoms with Gasteiger partial charge in [0.25, 0.3) is 11.2 Å². The molecule has 1 aromatic heterocycles. The molecule has 0 N–H and O–H groups in total. The van der Waals surface area contributed by atoms with Crippen molar-refractivity contribution in [2.75, 3.05) is 38.2 Å². The number of hydrogen-bond donors (Lipinski definition) is 0. The van der Waals surface area contributed by atoms with E-state index in [1.807, 2.05) is 24.3 Å². The maximum Gasteiger partial charge on any atom is 0.270 e. The van der Waals surface area contributed by atoms with Gasteiger partial charge < -0.3 is 9.64 Å². The zero-order chi connectivity index (χ0) is 25.2. The Hall–Kier alpha value is -4.31. The molecule has 5 rings (SSSR count). The lowest BCUT2D eigenvalue weighted by atomic mass is 10.2. The Balaban J connectivity index is 1.49. The van der Waals surface area contributed by atoms with Crippen LogP contribution in [-0.2, 0) is 6.54 Å². The topological polar surface area (TPSA) is 93.7 Å². The highest BCUT2D eigenvalue weighted by atomic mass is 19.1. The van der Waals surface area contributed by atoms with Crippen LogP contribution in [0.2, 0.25) is 0 Å². The van der Waals surface area contributed by atoms with Crippen molar-refractivity contribution in [1.82, 2.24) is 14.5 Å². The third-order valence-corrected chi connectivity index (χ3v) is 6.39. The SMILES string of the molecule is COc1ccccc1N1CCN(Cc2nc3ccc([N+](=O)[O-])cc3c(=O)n2-c2ccccc2F)CC1. The van der Waals surface area contributed by atoms with Crippen LogP contribution in [0.5, 0.6) is 5.75 Å². The summed E-state index contributed by atoms with van der Waals surface area (Å²) in [7, 11) is 1.65. The second-order valence-corrected chi connectivity index (χ2v) is 8.51. The van der Waals surface area contributed by atoms with Crippen molar-refractivity contribution in [3.63, 3.8) is 0 Å². The molecular weight excluding hydrogens is 465 g/mol. The number of benzene rings is 3. The number of para-hydroxylation sites is 3. The summed E-state index contributed by atoms with van der Waals surface area (Å²) in [5.41, 5.74) is 0.651. The molecule has 10 heteroatoms. The summed E-state index contributed by atoms with van der Waals surface area (Å²) in [6, 6.07) is 17.8. The summed E-state index contributed by atoms with van der Waals surface area (Å²) in [5, 5.41) is 11.3. The quantitative estimate of drug-likeness (QED) is 0.301. The van der Waals surface area contributed by atoms with Crippen molar-refractivity contribution >= 4 is 22.3 Å². The number of piperazine rings is 1. The number of non-ortho nitro benzene ring substituents is 1. The van der Waals surface area contributed by atoms with Crippen LogP contribution in [0.4, 0.5) is 15.8 Å². The van der Waals surface area contributed by atoms with Gasteiger partial charge >= 0.3 is 0 Å². The molecule has 0 unspecified atom stereocenters. The maximum atomic E-state index is 14.8. The van der Waals surface area contributed by atoms with Crippen LogP contribution in [0, 0.1) is 15.9 Å². The Morgan fingerprint density at radius 1 is 1.00 bits per heavy atom. The average molecular weight is 490 g/mol. The van der Waals surface area contributed by atoms with E-state index in [0.29, 0.717) is 31.0 Å². The molecule has 9 nitrogen and oxygen atoms in total. The molecule has 0 radical (unpaired) electrons. The van der Waals surface area contributed by atoms with Crippen LogP contribution >= 0.6 is 0 Å². The number of ether oxygens (including phenoxy) is 1. The molecule has 184 valence electrons. The van der Waals surface area contributed by atoms with E-state index in [1.165, 1.54) is 34.9 Å². The number of halogens is 1. The maximum absolute atomic E-state index is 14.8. The number of anilines is 1. The minimum absolute atomic E-state index is 0.0612. The van der Waals surface area contributed by atoms with Gasteiger partial charge in [-0.05, 0) is 30.3 Å². The molecular formula is C26H24FN5O4. The van der Waals surface area contributed by atoms with Crippen LogP contribution in [0.15, 0.2) is 71.5 Å². The predicted molar refractivity (Wildman–Crippen MR) is 134 cm³/mol. The summed E-state index contributed by atoms with van der Waals surface area (Å²) < 4.78 is 21.5. The van der Waals surface area contributed by atoms with Crippen LogP contribution in [-0.4, -0.2) is 52.7 Å². The smallest absolute Gasteiger partial charge is 0.270 e. The number of nitro benzene ring substituents is 1. The number of rotatable bonds is 6. The first kappa shape index (κ1) is 23.4. The van der Waals surface area contributed by atoms with E-state index in [4.69, 9.17) is 4.74 Å². The molecule has 0 saturated carbocycles. The summed E-state index contributed by atoms with van der Waals surface area (Å²) in [5.74, 6) is 0.607. The molecule has 4 aromatic rings. The summed E-state index contributed by atoms with van der Waals surface area (Å²) in [6.07, 6.45) is 0. The number of nitrogens with zero attached hydrogens (tertiary/aromatic N) is 5. The highest BCUT2D eigenvalue weighted by Crippen LogP contribution is 2.29. The van der Waals surface area contributed by atoms with Gasteiger partial charge in [0, 0.05) is 38.3 Å². The fourth-order valence-electron chi connectivity index (χ4n) is 4.56. The summed E-state index contributed by atoms with van der Waals surface area (Å²) in [6.45, 7) is 3.19. The van der Waals surface area contributed by atoms with Gasteiger partial charge in [-0.25, -0.2) is 9.37 Å². The molecule has 1 fully saturated rings. The molecule has 0 amide bonds. The van der Waals surface area contributed by atoms with E-state index < -0.39 is 16.3 Å². The Morgan fingerprint density at radius 2 is 1.69 bits per heavy atom. The van der Waals surface area contributed by atoms with Crippen molar-refractivity contribution in [2.45, 2.75) is 6.54 Å². The summed E-state index contributed by atoms with van der Waals surface area (Å²) in [4.78, 5) is 33.3. The molecule has 0 atom stereocenters. The molecule has 0 spiro atoms. The zero-order valence-electron chi connectivity index (χ0n) is 19.6. The van der Waals surface area contributed by atoms with Gasteiger partial charge in [0.1, 0.15) is 17.4 Å². The van der Waals surface area contributed by atoms with Crippen molar-refractivity contribution in [1.29, 1.82) is 0 Å². The fraction of sp³-hybridized carbons (Fsp3) is 0.231. The van der Waals surface area contributed by atoms with Crippen LogP contribution in [0.1, 0.15) is 5.82 Å². The molecule has 2 heterocycles. The van der Waals surface area contributed by atoms with E-state index >= 15 is 0 Å². The number of fused-ring (bicyclic) bond motifs is 1. The largest absolute Gasteiger partial charge is 0.495 e. The van der Waals surface area contributed by atoms with E-state index in [0.717, 1.165) is 24.5 Å². The second-order valence-electron chi connectivity index (χ2n) is 8.51. The van der Waals surface area contributed by atoms with E-state index in [1.54, 1.807) is 19.2 Å². The van der Waals surface area contributed by atoms with Crippen molar-refractivity contribution in [2.24, 2.45) is 0 Å². The molecule has 1 aliphatic rings. The molecule has 3 aromatic carbocycles. The first-order valence-electron chi connectivity index (χ1n) is 11.5. The lowest BCUT2D eigenvalue weighted by molar-refractivity contribution is -0.384. The predicted octanol–water partition coefficient (Wildman–Crippen LogP) is 3.76. The first-order chi connectivity index (χ1) is 17.5. The number of nitro groups is 1. The van der Waals surface area contributed by atoms with E-state index in [9.17, 15) is 19.3 Å². The highest BCUT2D eigenvalue weighted by molar-refractivity contribution is 5.80. The normalized spacial score (nSPS) is 14.2. The third kappa shape index (κ3) is 4.38. The molecule has 1 saturated heterocycles. The van der Waals surface area contributed by atoms with Crippen molar-refractivity contribution < 1.29 is 14.1 Å².